The summed E-state index contributed by atoms with van der Waals surface area (Å²) in [5.41, 5.74) is 1.13. The van der Waals surface area contributed by atoms with Crippen LogP contribution < -0.4 is 4.90 Å². The normalized spacial score (nSPS) is 20.5. The van der Waals surface area contributed by atoms with Crippen molar-refractivity contribution >= 4 is 24.4 Å². The first-order chi connectivity index (χ1) is 7.76. The lowest BCUT2D eigenvalue weighted by atomic mass is 10.1. The van der Waals surface area contributed by atoms with E-state index in [1.165, 1.54) is 0 Å². The molecule has 0 aliphatic carbocycles. The number of carbonyl (C=O) groups is 1. The quantitative estimate of drug-likeness (QED) is 0.813. The molecule has 1 aliphatic rings. The fourth-order valence-corrected chi connectivity index (χ4v) is 2.30. The largest absolute Gasteiger partial charge is 0.296 e. The summed E-state index contributed by atoms with van der Waals surface area (Å²) in [6.45, 7) is 2.84. The van der Waals surface area contributed by atoms with Gasteiger partial charge in [0.2, 0.25) is 5.91 Å². The smallest absolute Gasteiger partial charge is 0.228 e. The van der Waals surface area contributed by atoms with Gasteiger partial charge < -0.3 is 0 Å². The van der Waals surface area contributed by atoms with Gasteiger partial charge in [-0.15, -0.1) is 0 Å². The van der Waals surface area contributed by atoms with Gasteiger partial charge in [-0.3, -0.25) is 9.69 Å². The zero-order valence-electron chi connectivity index (χ0n) is 9.39. The Bertz CT molecular complexity index is 394. The van der Waals surface area contributed by atoms with E-state index in [1.54, 1.807) is 11.1 Å². The number of thiol groups is 1. The number of rotatable bonds is 3. The molecule has 0 radical (unpaired) electrons. The lowest BCUT2D eigenvalue weighted by molar-refractivity contribution is -0.117. The van der Waals surface area contributed by atoms with E-state index in [0.29, 0.717) is 12.3 Å². The standard InChI is InChI=1S/C12H16N2OS/c1-2-10-4-3-5-13-12(10)14-7-9(8-16)6-11(14)15/h3-5,9,16H,2,6-8H2,1H3. The van der Waals surface area contributed by atoms with E-state index in [1.807, 2.05) is 12.1 Å². The number of carbonyl (C=O) groups excluding carboxylic acids is 1. The van der Waals surface area contributed by atoms with Gasteiger partial charge in [-0.25, -0.2) is 4.98 Å². The third kappa shape index (κ3) is 2.07. The van der Waals surface area contributed by atoms with Gasteiger partial charge in [0.05, 0.1) is 0 Å². The van der Waals surface area contributed by atoms with Crippen LogP contribution in [0.1, 0.15) is 18.9 Å². The van der Waals surface area contributed by atoms with Gasteiger partial charge in [-0.2, -0.15) is 12.6 Å². The van der Waals surface area contributed by atoms with Gasteiger partial charge in [-0.1, -0.05) is 13.0 Å². The number of aromatic nitrogens is 1. The lowest BCUT2D eigenvalue weighted by Gasteiger charge is -2.18. The molecule has 3 nitrogen and oxygen atoms in total. The average molecular weight is 236 g/mol. The van der Waals surface area contributed by atoms with E-state index in [4.69, 9.17) is 0 Å². The van der Waals surface area contributed by atoms with Gasteiger partial charge in [0.15, 0.2) is 0 Å². The molecule has 1 atom stereocenters. The summed E-state index contributed by atoms with van der Waals surface area (Å²) in [6.07, 6.45) is 3.25. The van der Waals surface area contributed by atoms with Crippen molar-refractivity contribution in [3.05, 3.63) is 23.9 Å². The Morgan fingerprint density at radius 2 is 2.44 bits per heavy atom. The molecule has 1 fully saturated rings. The molecular weight excluding hydrogens is 220 g/mol. The van der Waals surface area contributed by atoms with Gasteiger partial charge in [0.1, 0.15) is 5.82 Å². The van der Waals surface area contributed by atoms with Crippen LogP contribution in [0.2, 0.25) is 0 Å². The minimum Gasteiger partial charge on any atom is -0.296 e. The Balaban J connectivity index is 2.27. The maximum atomic E-state index is 11.9. The second-order valence-electron chi connectivity index (χ2n) is 4.10. The van der Waals surface area contributed by atoms with E-state index in [9.17, 15) is 4.79 Å². The van der Waals surface area contributed by atoms with Crippen molar-refractivity contribution in [3.63, 3.8) is 0 Å². The first-order valence-corrected chi connectivity index (χ1v) is 6.24. The Morgan fingerprint density at radius 3 is 3.06 bits per heavy atom. The predicted octanol–water partition coefficient (Wildman–Crippen LogP) is 1.93. The molecule has 16 heavy (non-hydrogen) atoms. The van der Waals surface area contributed by atoms with Gasteiger partial charge in [0, 0.05) is 19.2 Å². The van der Waals surface area contributed by atoms with Crippen molar-refractivity contribution in [2.75, 3.05) is 17.2 Å². The molecule has 1 aromatic heterocycles. The first kappa shape index (κ1) is 11.5. The van der Waals surface area contributed by atoms with Gasteiger partial charge >= 0.3 is 0 Å². The zero-order valence-corrected chi connectivity index (χ0v) is 10.3. The lowest BCUT2D eigenvalue weighted by Crippen LogP contribution is -2.26. The van der Waals surface area contributed by atoms with Crippen LogP contribution in [0.15, 0.2) is 18.3 Å². The summed E-state index contributed by atoms with van der Waals surface area (Å²) in [5, 5.41) is 0. The van der Waals surface area contributed by atoms with Gasteiger partial charge in [0.25, 0.3) is 0 Å². The third-order valence-electron chi connectivity index (χ3n) is 2.97. The fourth-order valence-electron chi connectivity index (χ4n) is 2.06. The number of aryl methyl sites for hydroxylation is 1. The highest BCUT2D eigenvalue weighted by Gasteiger charge is 2.31. The SMILES string of the molecule is CCc1cccnc1N1CC(CS)CC1=O. The second-order valence-corrected chi connectivity index (χ2v) is 4.46. The van der Waals surface area contributed by atoms with Crippen LogP contribution in [0.3, 0.4) is 0 Å². The molecule has 0 N–H and O–H groups in total. The Morgan fingerprint density at radius 1 is 1.62 bits per heavy atom. The van der Waals surface area contributed by atoms with Crippen LogP contribution in [0.4, 0.5) is 5.82 Å². The van der Waals surface area contributed by atoms with Gasteiger partial charge in [-0.05, 0) is 29.7 Å². The average Bonchev–Trinajstić information content (AvgIpc) is 2.70. The number of hydrogen-bond donors (Lipinski definition) is 1. The Labute approximate surface area is 101 Å². The number of amides is 1. The van der Waals surface area contributed by atoms with Crippen LogP contribution in [0.5, 0.6) is 0 Å². The third-order valence-corrected chi connectivity index (χ3v) is 3.48. The molecule has 86 valence electrons. The predicted molar refractivity (Wildman–Crippen MR) is 67.9 cm³/mol. The van der Waals surface area contributed by atoms with Crippen molar-refractivity contribution < 1.29 is 4.79 Å². The number of nitrogens with zero attached hydrogens (tertiary/aromatic N) is 2. The van der Waals surface area contributed by atoms with E-state index >= 15 is 0 Å². The number of pyridine rings is 1. The molecule has 1 aliphatic heterocycles. The minimum absolute atomic E-state index is 0.174. The van der Waals surface area contributed by atoms with Crippen molar-refractivity contribution in [3.8, 4) is 0 Å². The van der Waals surface area contributed by atoms with Crippen LogP contribution in [0.25, 0.3) is 0 Å². The number of anilines is 1. The molecule has 4 heteroatoms. The molecule has 0 aromatic carbocycles. The molecule has 1 saturated heterocycles. The van der Waals surface area contributed by atoms with Crippen molar-refractivity contribution in [1.29, 1.82) is 0 Å². The van der Waals surface area contributed by atoms with Crippen LogP contribution in [0, 0.1) is 5.92 Å². The number of hydrogen-bond acceptors (Lipinski definition) is 3. The highest BCUT2D eigenvalue weighted by Crippen LogP contribution is 2.26. The summed E-state index contributed by atoms with van der Waals surface area (Å²) in [5.74, 6) is 2.13. The van der Waals surface area contributed by atoms with Crippen molar-refractivity contribution in [2.24, 2.45) is 5.92 Å². The van der Waals surface area contributed by atoms with E-state index in [2.05, 4.69) is 24.5 Å². The maximum Gasteiger partial charge on any atom is 0.228 e. The monoisotopic (exact) mass is 236 g/mol. The maximum absolute atomic E-state index is 11.9. The molecular formula is C12H16N2OS. The molecule has 1 aromatic rings. The summed E-state index contributed by atoms with van der Waals surface area (Å²) < 4.78 is 0. The van der Waals surface area contributed by atoms with E-state index in [0.717, 1.165) is 30.1 Å². The molecule has 0 spiro atoms. The van der Waals surface area contributed by atoms with E-state index < -0.39 is 0 Å². The highest BCUT2D eigenvalue weighted by atomic mass is 32.1. The van der Waals surface area contributed by atoms with Crippen molar-refractivity contribution in [2.45, 2.75) is 19.8 Å². The summed E-state index contributed by atoms with van der Waals surface area (Å²) in [7, 11) is 0. The summed E-state index contributed by atoms with van der Waals surface area (Å²) in [6, 6.07) is 3.95. The second kappa shape index (κ2) is 4.87. The highest BCUT2D eigenvalue weighted by molar-refractivity contribution is 7.80. The Kier molecular flexibility index (Phi) is 3.49. The van der Waals surface area contributed by atoms with Crippen LogP contribution in [-0.4, -0.2) is 23.2 Å². The first-order valence-electron chi connectivity index (χ1n) is 5.61. The summed E-state index contributed by atoms with van der Waals surface area (Å²) >= 11 is 4.26. The van der Waals surface area contributed by atoms with Crippen molar-refractivity contribution in [1.82, 2.24) is 4.98 Å². The molecule has 0 bridgehead atoms. The summed E-state index contributed by atoms with van der Waals surface area (Å²) in [4.78, 5) is 18.0. The molecule has 2 heterocycles. The zero-order chi connectivity index (χ0) is 11.5. The van der Waals surface area contributed by atoms with Crippen LogP contribution >= 0.6 is 12.6 Å². The molecule has 2 rings (SSSR count). The minimum atomic E-state index is 0.174. The topological polar surface area (TPSA) is 33.2 Å². The van der Waals surface area contributed by atoms with Crippen LogP contribution in [-0.2, 0) is 11.2 Å². The Hall–Kier alpha value is -1.03. The fraction of sp³-hybridized carbons (Fsp3) is 0.500. The van der Waals surface area contributed by atoms with E-state index in [-0.39, 0.29) is 5.91 Å². The molecule has 1 amide bonds. The molecule has 1 unspecified atom stereocenters. The molecule has 0 saturated carbocycles.